The van der Waals surface area contributed by atoms with Crippen molar-refractivity contribution in [2.45, 2.75) is 32.8 Å². The van der Waals surface area contributed by atoms with Crippen LogP contribution in [-0.4, -0.2) is 22.7 Å². The minimum atomic E-state index is -0.267. The number of carbonyl (C=O) groups is 1. The first-order chi connectivity index (χ1) is 13.1. The van der Waals surface area contributed by atoms with Crippen LogP contribution in [0.15, 0.2) is 45.0 Å². The van der Waals surface area contributed by atoms with E-state index in [1.165, 1.54) is 6.26 Å². The molecule has 0 unspecified atom stereocenters. The number of halogens is 1. The number of rotatable bonds is 8. The molecule has 2 aromatic heterocycles. The van der Waals surface area contributed by atoms with Gasteiger partial charge in [-0.15, -0.1) is 11.3 Å². The van der Waals surface area contributed by atoms with Gasteiger partial charge in [0.05, 0.1) is 29.3 Å². The van der Waals surface area contributed by atoms with Crippen LogP contribution in [0.3, 0.4) is 0 Å². The molecule has 1 aromatic carbocycles. The van der Waals surface area contributed by atoms with Gasteiger partial charge in [0, 0.05) is 12.0 Å². The number of hydrogen-bond acceptors (Lipinski definition) is 7. The highest BCUT2D eigenvalue weighted by Crippen LogP contribution is 2.29. The molecule has 0 radical (unpaired) electrons. The van der Waals surface area contributed by atoms with Crippen LogP contribution in [0.1, 0.15) is 41.1 Å². The Bertz CT molecular complexity index is 878. The van der Waals surface area contributed by atoms with Crippen molar-refractivity contribution in [1.29, 1.82) is 0 Å². The third kappa shape index (κ3) is 5.17. The van der Waals surface area contributed by atoms with Crippen molar-refractivity contribution >= 4 is 33.2 Å². The predicted molar refractivity (Wildman–Crippen MR) is 105 cm³/mol. The van der Waals surface area contributed by atoms with Crippen molar-refractivity contribution < 1.29 is 18.8 Å². The Balaban J connectivity index is 1.71. The summed E-state index contributed by atoms with van der Waals surface area (Å²) in [5.41, 5.74) is 2.60. The lowest BCUT2D eigenvalue weighted by atomic mass is 9.92. The van der Waals surface area contributed by atoms with Crippen molar-refractivity contribution in [2.75, 3.05) is 6.61 Å². The quantitative estimate of drug-likeness (QED) is 0.455. The standard InChI is InChI=1S/C19H19BrN2O4S/c1-3-24-18(23)10-15(16-8-9-26-22-16)13-4-6-14(7-5-13)25-11-17-12(2)21-19(20)27-17/h4-9,15H,3,10-11H2,1-2H3/t15-/m0/s1. The molecule has 2 heterocycles. The zero-order valence-electron chi connectivity index (χ0n) is 15.0. The van der Waals surface area contributed by atoms with Crippen LogP contribution in [0.4, 0.5) is 0 Å². The summed E-state index contributed by atoms with van der Waals surface area (Å²) >= 11 is 4.95. The molecule has 6 nitrogen and oxygen atoms in total. The van der Waals surface area contributed by atoms with Gasteiger partial charge in [-0.1, -0.05) is 17.3 Å². The summed E-state index contributed by atoms with van der Waals surface area (Å²) in [5.74, 6) is 0.256. The van der Waals surface area contributed by atoms with E-state index in [0.29, 0.717) is 18.9 Å². The highest BCUT2D eigenvalue weighted by atomic mass is 79.9. The molecule has 0 saturated carbocycles. The van der Waals surface area contributed by atoms with Crippen LogP contribution in [0, 0.1) is 6.92 Å². The fourth-order valence-electron chi connectivity index (χ4n) is 2.65. The number of benzene rings is 1. The SMILES string of the molecule is CCOC(=O)C[C@@H](c1ccc(OCc2sc(Br)nc2C)cc1)c1ccon1. The third-order valence-corrected chi connectivity index (χ3v) is 5.59. The van der Waals surface area contributed by atoms with Gasteiger partial charge < -0.3 is 14.0 Å². The van der Waals surface area contributed by atoms with Gasteiger partial charge in [-0.25, -0.2) is 4.98 Å². The second-order valence-corrected chi connectivity index (χ2v) is 8.18. The Kier molecular flexibility index (Phi) is 6.63. The predicted octanol–water partition coefficient (Wildman–Crippen LogP) is 4.87. The zero-order chi connectivity index (χ0) is 19.2. The van der Waals surface area contributed by atoms with E-state index in [4.69, 9.17) is 14.0 Å². The first-order valence-electron chi connectivity index (χ1n) is 8.47. The Morgan fingerprint density at radius 1 is 1.30 bits per heavy atom. The number of esters is 1. The van der Waals surface area contributed by atoms with Crippen LogP contribution in [0.5, 0.6) is 5.75 Å². The number of aromatic nitrogens is 2. The molecule has 8 heteroatoms. The fraction of sp³-hybridized carbons (Fsp3) is 0.316. The average Bonchev–Trinajstić information content (AvgIpc) is 3.28. The van der Waals surface area contributed by atoms with Gasteiger partial charge in [-0.05, 0) is 47.5 Å². The molecule has 0 fully saturated rings. The van der Waals surface area contributed by atoms with E-state index in [-0.39, 0.29) is 18.3 Å². The van der Waals surface area contributed by atoms with E-state index in [9.17, 15) is 4.79 Å². The van der Waals surface area contributed by atoms with Gasteiger partial charge in [0.15, 0.2) is 3.92 Å². The smallest absolute Gasteiger partial charge is 0.306 e. The number of thiazole rings is 1. The Hall–Kier alpha value is -2.19. The van der Waals surface area contributed by atoms with E-state index < -0.39 is 0 Å². The average molecular weight is 451 g/mol. The van der Waals surface area contributed by atoms with Crippen molar-refractivity contribution in [3.05, 3.63) is 62.3 Å². The molecule has 0 N–H and O–H groups in total. The Labute approximate surface area is 169 Å². The van der Waals surface area contributed by atoms with Crippen LogP contribution >= 0.6 is 27.3 Å². The number of hydrogen-bond donors (Lipinski definition) is 0. The summed E-state index contributed by atoms with van der Waals surface area (Å²) in [5, 5.41) is 3.99. The lowest BCUT2D eigenvalue weighted by Crippen LogP contribution is -2.12. The highest BCUT2D eigenvalue weighted by molar-refractivity contribution is 9.11. The first kappa shape index (κ1) is 19.6. The maximum Gasteiger partial charge on any atom is 0.306 e. The summed E-state index contributed by atoms with van der Waals surface area (Å²) in [7, 11) is 0. The summed E-state index contributed by atoms with van der Waals surface area (Å²) in [6.07, 6.45) is 1.70. The second-order valence-electron chi connectivity index (χ2n) is 5.82. The maximum atomic E-state index is 12.0. The van der Waals surface area contributed by atoms with Crippen molar-refractivity contribution in [3.8, 4) is 5.75 Å². The lowest BCUT2D eigenvalue weighted by molar-refractivity contribution is -0.143. The number of carbonyl (C=O) groups excluding carboxylic acids is 1. The van der Waals surface area contributed by atoms with Gasteiger partial charge in [0.2, 0.25) is 0 Å². The zero-order valence-corrected chi connectivity index (χ0v) is 17.4. The van der Waals surface area contributed by atoms with Crippen LogP contribution in [0.2, 0.25) is 0 Å². The summed E-state index contributed by atoms with van der Waals surface area (Å²) < 4.78 is 16.7. The van der Waals surface area contributed by atoms with Gasteiger partial charge in [-0.2, -0.15) is 0 Å². The molecule has 3 rings (SSSR count). The van der Waals surface area contributed by atoms with Crippen LogP contribution < -0.4 is 4.74 Å². The summed E-state index contributed by atoms with van der Waals surface area (Å²) in [6, 6.07) is 9.41. The molecule has 27 heavy (non-hydrogen) atoms. The molecule has 0 aliphatic heterocycles. The Morgan fingerprint density at radius 2 is 2.07 bits per heavy atom. The van der Waals surface area contributed by atoms with E-state index in [1.807, 2.05) is 31.2 Å². The van der Waals surface area contributed by atoms with Gasteiger partial charge in [0.1, 0.15) is 18.6 Å². The highest BCUT2D eigenvalue weighted by Gasteiger charge is 2.21. The monoisotopic (exact) mass is 450 g/mol. The van der Waals surface area contributed by atoms with Crippen molar-refractivity contribution in [2.24, 2.45) is 0 Å². The molecular weight excluding hydrogens is 432 g/mol. The van der Waals surface area contributed by atoms with E-state index >= 15 is 0 Å². The molecule has 0 spiro atoms. The molecule has 0 saturated heterocycles. The fourth-order valence-corrected chi connectivity index (χ4v) is 4.20. The molecule has 0 amide bonds. The molecule has 142 valence electrons. The van der Waals surface area contributed by atoms with Gasteiger partial charge in [0.25, 0.3) is 0 Å². The third-order valence-electron chi connectivity index (χ3n) is 4.01. The van der Waals surface area contributed by atoms with Crippen molar-refractivity contribution in [3.63, 3.8) is 0 Å². The molecule has 3 aromatic rings. The minimum absolute atomic E-state index is 0.203. The first-order valence-corrected chi connectivity index (χ1v) is 10.1. The normalized spacial score (nSPS) is 12.0. The van der Waals surface area contributed by atoms with Crippen LogP contribution in [-0.2, 0) is 16.1 Å². The maximum absolute atomic E-state index is 12.0. The molecule has 0 aliphatic rings. The number of aryl methyl sites for hydroxylation is 1. The lowest BCUT2D eigenvalue weighted by Gasteiger charge is -2.14. The second kappa shape index (κ2) is 9.14. The molecule has 1 atom stereocenters. The largest absolute Gasteiger partial charge is 0.488 e. The molecular formula is C19H19BrN2O4S. The van der Waals surface area contributed by atoms with E-state index in [2.05, 4.69) is 26.1 Å². The number of nitrogens with zero attached hydrogens (tertiary/aromatic N) is 2. The molecule has 0 aliphatic carbocycles. The van der Waals surface area contributed by atoms with Gasteiger partial charge in [-0.3, -0.25) is 4.79 Å². The van der Waals surface area contributed by atoms with Crippen molar-refractivity contribution in [1.82, 2.24) is 10.1 Å². The number of ether oxygens (including phenoxy) is 2. The topological polar surface area (TPSA) is 74.5 Å². The van der Waals surface area contributed by atoms with Gasteiger partial charge >= 0.3 is 5.97 Å². The van der Waals surface area contributed by atoms with E-state index in [0.717, 1.165) is 25.8 Å². The minimum Gasteiger partial charge on any atom is -0.488 e. The van der Waals surface area contributed by atoms with Crippen LogP contribution in [0.25, 0.3) is 0 Å². The van der Waals surface area contributed by atoms with E-state index in [1.54, 1.807) is 24.3 Å². The molecule has 0 bridgehead atoms. The Morgan fingerprint density at radius 3 is 2.67 bits per heavy atom. The summed E-state index contributed by atoms with van der Waals surface area (Å²) in [4.78, 5) is 17.4. The summed E-state index contributed by atoms with van der Waals surface area (Å²) in [6.45, 7) is 4.56.